The van der Waals surface area contributed by atoms with Crippen LogP contribution in [-0.2, 0) is 19.7 Å². The molecule has 0 spiro atoms. The van der Waals surface area contributed by atoms with Gasteiger partial charge in [-0.2, -0.15) is 0 Å². The molecule has 0 aromatic heterocycles. The van der Waals surface area contributed by atoms with Crippen molar-refractivity contribution in [2.24, 2.45) is 0 Å². The third-order valence-electron chi connectivity index (χ3n) is 5.54. The lowest BCUT2D eigenvalue weighted by molar-refractivity contribution is -0.154. The van der Waals surface area contributed by atoms with Crippen LogP contribution in [-0.4, -0.2) is 24.5 Å². The Balaban J connectivity index is 1.62. The molecule has 2 saturated carbocycles. The Labute approximate surface area is 148 Å². The zero-order valence-electron chi connectivity index (χ0n) is 14.6. The van der Waals surface area contributed by atoms with Gasteiger partial charge in [-0.1, -0.05) is 50.3 Å². The summed E-state index contributed by atoms with van der Waals surface area (Å²) in [6.45, 7) is -0.286. The average molecular weight is 347 g/mol. The summed E-state index contributed by atoms with van der Waals surface area (Å²) in [4.78, 5) is 24.8. The van der Waals surface area contributed by atoms with Crippen molar-refractivity contribution in [3.63, 3.8) is 0 Å². The Kier molecular flexibility index (Phi) is 5.71. The van der Waals surface area contributed by atoms with Crippen LogP contribution in [0, 0.1) is 5.82 Å². The van der Waals surface area contributed by atoms with Crippen molar-refractivity contribution in [3.8, 4) is 0 Å². The molecule has 1 aromatic rings. The highest BCUT2D eigenvalue weighted by molar-refractivity contribution is 5.86. The number of nitrogens with one attached hydrogen (secondary N) is 1. The van der Waals surface area contributed by atoms with Gasteiger partial charge in [0.2, 0.25) is 0 Å². The van der Waals surface area contributed by atoms with E-state index in [1.54, 1.807) is 18.2 Å². The molecule has 0 aliphatic heterocycles. The van der Waals surface area contributed by atoms with Crippen molar-refractivity contribution >= 4 is 11.9 Å². The smallest absolute Gasteiger partial charge is 0.317 e. The number of carbonyl (C=O) groups is 2. The van der Waals surface area contributed by atoms with Crippen LogP contribution < -0.4 is 5.32 Å². The monoisotopic (exact) mass is 347 g/mol. The van der Waals surface area contributed by atoms with Crippen LogP contribution in [0.4, 0.5) is 4.39 Å². The van der Waals surface area contributed by atoms with Crippen molar-refractivity contribution in [3.05, 3.63) is 35.6 Å². The molecular formula is C20H26FNO3. The highest BCUT2D eigenvalue weighted by atomic mass is 19.1. The predicted molar refractivity (Wildman–Crippen MR) is 92.5 cm³/mol. The van der Waals surface area contributed by atoms with Crippen LogP contribution in [0.2, 0.25) is 0 Å². The summed E-state index contributed by atoms with van der Waals surface area (Å²) >= 11 is 0. The Hall–Kier alpha value is -1.91. The predicted octanol–water partition coefficient (Wildman–Crippen LogP) is 3.63. The van der Waals surface area contributed by atoms with Gasteiger partial charge in [0.15, 0.2) is 6.61 Å². The minimum absolute atomic E-state index is 0.187. The molecule has 2 aliphatic rings. The molecule has 0 radical (unpaired) electrons. The van der Waals surface area contributed by atoms with E-state index < -0.39 is 11.4 Å². The van der Waals surface area contributed by atoms with Crippen molar-refractivity contribution in [2.75, 3.05) is 6.61 Å². The molecule has 136 valence electrons. The number of rotatable bonds is 5. The summed E-state index contributed by atoms with van der Waals surface area (Å²) < 4.78 is 19.6. The Morgan fingerprint density at radius 3 is 2.44 bits per heavy atom. The van der Waals surface area contributed by atoms with E-state index in [1.807, 2.05) is 0 Å². The first-order valence-electron chi connectivity index (χ1n) is 9.33. The lowest BCUT2D eigenvalue weighted by atomic mass is 9.78. The fraction of sp³-hybridized carbons (Fsp3) is 0.600. The number of hydrogen-bond acceptors (Lipinski definition) is 3. The van der Waals surface area contributed by atoms with E-state index in [0.29, 0.717) is 18.4 Å². The number of halogens is 1. The average Bonchev–Trinajstić information content (AvgIpc) is 3.12. The van der Waals surface area contributed by atoms with Crippen molar-refractivity contribution in [2.45, 2.75) is 69.2 Å². The molecule has 3 rings (SSSR count). The number of carbonyl (C=O) groups excluding carboxylic acids is 2. The molecule has 0 heterocycles. The second-order valence-corrected chi connectivity index (χ2v) is 7.25. The fourth-order valence-corrected chi connectivity index (χ4v) is 4.20. The molecule has 5 heteroatoms. The standard InChI is InChI=1S/C20H26FNO3/c21-17-11-5-4-10-16(17)20(12-6-7-13-20)19(24)25-14-18(23)22-15-8-2-1-3-9-15/h4-5,10-11,15H,1-3,6-9,12-14H2,(H,22,23). The zero-order valence-corrected chi connectivity index (χ0v) is 14.6. The van der Waals surface area contributed by atoms with Crippen LogP contribution in [0.15, 0.2) is 24.3 Å². The van der Waals surface area contributed by atoms with Crippen LogP contribution in [0.3, 0.4) is 0 Å². The maximum absolute atomic E-state index is 14.3. The third-order valence-corrected chi connectivity index (χ3v) is 5.54. The first kappa shape index (κ1) is 17.9. The van der Waals surface area contributed by atoms with Crippen LogP contribution in [0.5, 0.6) is 0 Å². The molecule has 2 aliphatic carbocycles. The molecule has 0 atom stereocenters. The van der Waals surface area contributed by atoms with Crippen LogP contribution >= 0.6 is 0 Å². The maximum Gasteiger partial charge on any atom is 0.317 e. The van der Waals surface area contributed by atoms with Crippen LogP contribution in [0.1, 0.15) is 63.4 Å². The van der Waals surface area contributed by atoms with Gasteiger partial charge in [-0.05, 0) is 31.7 Å². The molecule has 2 fully saturated rings. The maximum atomic E-state index is 14.3. The summed E-state index contributed by atoms with van der Waals surface area (Å²) in [5.74, 6) is -1.12. The summed E-state index contributed by atoms with van der Waals surface area (Å²) in [6, 6.07) is 6.57. The number of hydrogen-bond donors (Lipinski definition) is 1. The van der Waals surface area contributed by atoms with Gasteiger partial charge in [-0.15, -0.1) is 0 Å². The second kappa shape index (κ2) is 7.98. The quantitative estimate of drug-likeness (QED) is 0.828. The third kappa shape index (κ3) is 4.02. The topological polar surface area (TPSA) is 55.4 Å². The van der Waals surface area contributed by atoms with Crippen molar-refractivity contribution < 1.29 is 18.7 Å². The van der Waals surface area contributed by atoms with E-state index in [9.17, 15) is 14.0 Å². The van der Waals surface area contributed by atoms with E-state index in [-0.39, 0.29) is 24.4 Å². The minimum atomic E-state index is -0.948. The summed E-state index contributed by atoms with van der Waals surface area (Å²) in [6.07, 6.45) is 8.29. The molecule has 0 unspecified atom stereocenters. The van der Waals surface area contributed by atoms with Gasteiger partial charge in [0.05, 0.1) is 5.41 Å². The first-order chi connectivity index (χ1) is 12.1. The Bertz CT molecular complexity index is 619. The van der Waals surface area contributed by atoms with Gasteiger partial charge in [0.25, 0.3) is 5.91 Å². The molecule has 0 bridgehead atoms. The number of amides is 1. The van der Waals surface area contributed by atoms with E-state index >= 15 is 0 Å². The molecule has 1 aromatic carbocycles. The van der Waals surface area contributed by atoms with E-state index in [4.69, 9.17) is 4.74 Å². The SMILES string of the molecule is O=C(COC(=O)C1(c2ccccc2F)CCCC1)NC1CCCCC1. The number of benzene rings is 1. The highest BCUT2D eigenvalue weighted by Gasteiger charge is 2.45. The second-order valence-electron chi connectivity index (χ2n) is 7.25. The van der Waals surface area contributed by atoms with E-state index in [1.165, 1.54) is 12.5 Å². The molecule has 25 heavy (non-hydrogen) atoms. The number of ether oxygens (including phenoxy) is 1. The van der Waals surface area contributed by atoms with Gasteiger partial charge in [0, 0.05) is 11.6 Å². The Morgan fingerprint density at radius 1 is 1.08 bits per heavy atom. The molecular weight excluding hydrogens is 321 g/mol. The van der Waals surface area contributed by atoms with E-state index in [0.717, 1.165) is 38.5 Å². The lowest BCUT2D eigenvalue weighted by Gasteiger charge is -2.28. The van der Waals surface area contributed by atoms with Crippen LogP contribution in [0.25, 0.3) is 0 Å². The molecule has 4 nitrogen and oxygen atoms in total. The normalized spacial score (nSPS) is 20.2. The van der Waals surface area contributed by atoms with Crippen molar-refractivity contribution in [1.29, 1.82) is 0 Å². The largest absolute Gasteiger partial charge is 0.455 e. The zero-order chi connectivity index (χ0) is 17.7. The lowest BCUT2D eigenvalue weighted by Crippen LogP contribution is -2.41. The first-order valence-corrected chi connectivity index (χ1v) is 9.33. The molecule has 1 N–H and O–H groups in total. The van der Waals surface area contributed by atoms with Gasteiger partial charge in [-0.3, -0.25) is 9.59 Å². The van der Waals surface area contributed by atoms with Crippen molar-refractivity contribution in [1.82, 2.24) is 5.32 Å². The van der Waals surface area contributed by atoms with E-state index in [2.05, 4.69) is 5.32 Å². The summed E-state index contributed by atoms with van der Waals surface area (Å²) in [7, 11) is 0. The fourth-order valence-electron chi connectivity index (χ4n) is 4.20. The van der Waals surface area contributed by atoms with Gasteiger partial charge >= 0.3 is 5.97 Å². The molecule has 1 amide bonds. The Morgan fingerprint density at radius 2 is 1.76 bits per heavy atom. The van der Waals surface area contributed by atoms with Gasteiger partial charge < -0.3 is 10.1 Å². The van der Waals surface area contributed by atoms with Gasteiger partial charge in [-0.25, -0.2) is 4.39 Å². The minimum Gasteiger partial charge on any atom is -0.455 e. The molecule has 0 saturated heterocycles. The number of esters is 1. The summed E-state index contributed by atoms with van der Waals surface area (Å²) in [5.41, 5.74) is -0.554. The highest BCUT2D eigenvalue weighted by Crippen LogP contribution is 2.43. The van der Waals surface area contributed by atoms with Gasteiger partial charge in [0.1, 0.15) is 5.82 Å². The summed E-state index contributed by atoms with van der Waals surface area (Å²) in [5, 5.41) is 2.94.